The molecule has 0 aliphatic heterocycles. The topological polar surface area (TPSA) is 89.3 Å². The van der Waals surface area contributed by atoms with Gasteiger partial charge in [-0.15, -0.1) is 0 Å². The van der Waals surface area contributed by atoms with Crippen LogP contribution in [0.4, 0.5) is 5.69 Å². The van der Waals surface area contributed by atoms with Crippen LogP contribution >= 0.6 is 0 Å². The number of nitro groups is 1. The van der Waals surface area contributed by atoms with E-state index in [1.54, 1.807) is 0 Å². The van der Waals surface area contributed by atoms with Crippen LogP contribution in [0.25, 0.3) is 0 Å². The number of sulfone groups is 1. The molecule has 2 rings (SSSR count). The molecule has 6 nitrogen and oxygen atoms in total. The van der Waals surface area contributed by atoms with E-state index in [0.29, 0.717) is 12.8 Å². The molecule has 1 saturated carbocycles. The van der Waals surface area contributed by atoms with Gasteiger partial charge in [0.25, 0.3) is 5.69 Å². The van der Waals surface area contributed by atoms with Gasteiger partial charge in [-0.3, -0.25) is 10.1 Å². The van der Waals surface area contributed by atoms with Gasteiger partial charge >= 0.3 is 0 Å². The predicted octanol–water partition coefficient (Wildman–Crippen LogP) is 2.29. The van der Waals surface area contributed by atoms with Crippen LogP contribution in [0.2, 0.25) is 0 Å². The first-order valence-corrected chi connectivity index (χ1v) is 8.71. The molecule has 21 heavy (non-hydrogen) atoms. The second-order valence-electron chi connectivity index (χ2n) is 5.34. The Morgan fingerprint density at radius 3 is 2.52 bits per heavy atom. The molecular weight excluding hydrogens is 292 g/mol. The summed E-state index contributed by atoms with van der Waals surface area (Å²) in [5.41, 5.74) is -0.0943. The van der Waals surface area contributed by atoms with Crippen molar-refractivity contribution in [1.29, 1.82) is 0 Å². The lowest BCUT2D eigenvalue weighted by Gasteiger charge is -2.29. The summed E-state index contributed by atoms with van der Waals surface area (Å²) in [5, 5.41) is 13.5. The van der Waals surface area contributed by atoms with Gasteiger partial charge < -0.3 is 5.32 Å². The van der Waals surface area contributed by atoms with Crippen molar-refractivity contribution in [3.05, 3.63) is 34.4 Å². The van der Waals surface area contributed by atoms with Gasteiger partial charge in [-0.2, -0.15) is 0 Å². The molecule has 116 valence electrons. The van der Waals surface area contributed by atoms with Crippen LogP contribution < -0.4 is 5.32 Å². The molecule has 7 heteroatoms. The highest BCUT2D eigenvalue weighted by Crippen LogP contribution is 2.29. The maximum absolute atomic E-state index is 12.6. The zero-order valence-corrected chi connectivity index (χ0v) is 12.8. The number of nitro benzene ring substituents is 1. The first kappa shape index (κ1) is 15.9. The van der Waals surface area contributed by atoms with Crippen LogP contribution in [0.5, 0.6) is 0 Å². The summed E-state index contributed by atoms with van der Waals surface area (Å²) in [4.78, 5) is 10.3. The van der Waals surface area contributed by atoms with E-state index in [9.17, 15) is 18.5 Å². The van der Waals surface area contributed by atoms with E-state index in [0.717, 1.165) is 19.4 Å². The first-order valence-electron chi connectivity index (χ1n) is 7.17. The van der Waals surface area contributed by atoms with Gasteiger partial charge in [0.1, 0.15) is 0 Å². The Morgan fingerprint density at radius 1 is 1.29 bits per heavy atom. The quantitative estimate of drug-likeness (QED) is 0.665. The SMILES string of the molecule is CCNC1CCCC(S(=O)(=O)c2ccc([N+](=O)[O-])cc2)C1. The van der Waals surface area contributed by atoms with Gasteiger partial charge in [0.15, 0.2) is 9.84 Å². The molecule has 0 saturated heterocycles. The Bertz CT molecular complexity index is 596. The lowest BCUT2D eigenvalue weighted by atomic mass is 9.95. The third kappa shape index (κ3) is 3.59. The van der Waals surface area contributed by atoms with Gasteiger partial charge in [-0.25, -0.2) is 8.42 Å². The molecule has 0 heterocycles. The number of nitrogens with zero attached hydrogens (tertiary/aromatic N) is 1. The normalized spacial score (nSPS) is 22.9. The van der Waals surface area contributed by atoms with Crippen molar-refractivity contribution in [1.82, 2.24) is 5.32 Å². The van der Waals surface area contributed by atoms with Gasteiger partial charge in [0.05, 0.1) is 15.1 Å². The predicted molar refractivity (Wildman–Crippen MR) is 80.0 cm³/mol. The highest BCUT2D eigenvalue weighted by atomic mass is 32.2. The summed E-state index contributed by atoms with van der Waals surface area (Å²) < 4.78 is 25.2. The zero-order valence-electron chi connectivity index (χ0n) is 12.0. The summed E-state index contributed by atoms with van der Waals surface area (Å²) in [7, 11) is -3.42. The second kappa shape index (κ2) is 6.53. The average Bonchev–Trinajstić information content (AvgIpc) is 2.48. The van der Waals surface area contributed by atoms with Crippen LogP contribution in [0, 0.1) is 10.1 Å². The molecule has 0 radical (unpaired) electrons. The second-order valence-corrected chi connectivity index (χ2v) is 7.57. The lowest BCUT2D eigenvalue weighted by Crippen LogP contribution is -2.38. The Balaban J connectivity index is 2.18. The average molecular weight is 312 g/mol. The minimum atomic E-state index is -3.42. The van der Waals surface area contributed by atoms with Crippen molar-refractivity contribution < 1.29 is 13.3 Å². The molecule has 0 aromatic heterocycles. The van der Waals surface area contributed by atoms with E-state index in [-0.39, 0.29) is 16.6 Å². The number of non-ortho nitro benzene ring substituents is 1. The van der Waals surface area contributed by atoms with Crippen molar-refractivity contribution in [2.24, 2.45) is 0 Å². The molecular formula is C14H20N2O4S. The number of rotatable bonds is 5. The van der Waals surface area contributed by atoms with Crippen molar-refractivity contribution >= 4 is 15.5 Å². The third-order valence-electron chi connectivity index (χ3n) is 3.93. The van der Waals surface area contributed by atoms with Crippen LogP contribution in [-0.2, 0) is 9.84 Å². The van der Waals surface area contributed by atoms with Crippen molar-refractivity contribution in [2.45, 2.75) is 48.8 Å². The van der Waals surface area contributed by atoms with Gasteiger partial charge in [-0.1, -0.05) is 13.3 Å². The van der Waals surface area contributed by atoms with E-state index >= 15 is 0 Å². The molecule has 1 fully saturated rings. The van der Waals surface area contributed by atoms with Crippen molar-refractivity contribution in [2.75, 3.05) is 6.54 Å². The van der Waals surface area contributed by atoms with Gasteiger partial charge in [0.2, 0.25) is 0 Å². The Kier molecular flexibility index (Phi) is 4.95. The maximum atomic E-state index is 12.6. The summed E-state index contributed by atoms with van der Waals surface area (Å²) in [6.45, 7) is 2.84. The van der Waals surface area contributed by atoms with Crippen LogP contribution in [0.1, 0.15) is 32.6 Å². The fraction of sp³-hybridized carbons (Fsp3) is 0.571. The third-order valence-corrected chi connectivity index (χ3v) is 6.17. The maximum Gasteiger partial charge on any atom is 0.269 e. The van der Waals surface area contributed by atoms with E-state index in [4.69, 9.17) is 0 Å². The number of nitrogens with one attached hydrogen (secondary N) is 1. The Hall–Kier alpha value is -1.47. The first-order chi connectivity index (χ1) is 9.95. The van der Waals surface area contributed by atoms with Crippen LogP contribution in [-0.4, -0.2) is 31.2 Å². The highest BCUT2D eigenvalue weighted by Gasteiger charge is 2.32. The standard InChI is InChI=1S/C14H20N2O4S/c1-2-15-11-4-3-5-14(10-11)21(19,20)13-8-6-12(7-9-13)16(17)18/h6-9,11,14-15H,2-5,10H2,1H3. The number of hydrogen-bond acceptors (Lipinski definition) is 5. The molecule has 1 N–H and O–H groups in total. The fourth-order valence-electron chi connectivity index (χ4n) is 2.85. The van der Waals surface area contributed by atoms with Crippen molar-refractivity contribution in [3.63, 3.8) is 0 Å². The molecule has 1 aliphatic rings. The molecule has 0 bridgehead atoms. The van der Waals surface area contributed by atoms with E-state index in [1.165, 1.54) is 24.3 Å². The molecule has 1 aromatic rings. The molecule has 1 aromatic carbocycles. The van der Waals surface area contributed by atoms with E-state index < -0.39 is 20.0 Å². The fourth-order valence-corrected chi connectivity index (χ4v) is 4.71. The van der Waals surface area contributed by atoms with Crippen LogP contribution in [0.15, 0.2) is 29.2 Å². The summed E-state index contributed by atoms with van der Waals surface area (Å²) in [6, 6.07) is 5.41. The van der Waals surface area contributed by atoms with Gasteiger partial charge in [0, 0.05) is 18.2 Å². The molecule has 0 amide bonds. The van der Waals surface area contributed by atoms with Gasteiger partial charge in [-0.05, 0) is 37.9 Å². The minimum Gasteiger partial charge on any atom is -0.314 e. The molecule has 1 aliphatic carbocycles. The molecule has 0 spiro atoms. The van der Waals surface area contributed by atoms with Crippen molar-refractivity contribution in [3.8, 4) is 0 Å². The Morgan fingerprint density at radius 2 is 1.95 bits per heavy atom. The summed E-state index contributed by atoms with van der Waals surface area (Å²) in [5.74, 6) is 0. The summed E-state index contributed by atoms with van der Waals surface area (Å²) in [6.07, 6.45) is 3.14. The lowest BCUT2D eigenvalue weighted by molar-refractivity contribution is -0.384. The monoisotopic (exact) mass is 312 g/mol. The largest absolute Gasteiger partial charge is 0.314 e. The van der Waals surface area contributed by atoms with E-state index in [2.05, 4.69) is 5.32 Å². The smallest absolute Gasteiger partial charge is 0.269 e. The number of benzene rings is 1. The Labute approximate surface area is 124 Å². The summed E-state index contributed by atoms with van der Waals surface area (Å²) >= 11 is 0. The molecule has 2 unspecified atom stereocenters. The zero-order chi connectivity index (χ0) is 15.5. The number of hydrogen-bond donors (Lipinski definition) is 1. The van der Waals surface area contributed by atoms with Crippen LogP contribution in [0.3, 0.4) is 0 Å². The minimum absolute atomic E-state index is 0.0943. The molecule has 2 atom stereocenters. The highest BCUT2D eigenvalue weighted by molar-refractivity contribution is 7.92. The van der Waals surface area contributed by atoms with E-state index in [1.807, 2.05) is 6.92 Å².